The Morgan fingerprint density at radius 3 is 2.39 bits per heavy atom. The van der Waals surface area contributed by atoms with Gasteiger partial charge in [0.05, 0.1) is 12.0 Å². The first-order valence-corrected chi connectivity index (χ1v) is 13.6. The predicted molar refractivity (Wildman–Crippen MR) is 132 cm³/mol. The SMILES string of the molecule is CC(C)=CC1C[C@H]([C@H]2CC[C@@]3(C)C4=C(CC[C@]23C)[C@@]2(C)CC[C@H](O)C(C)(C)[C@@H]2CC4)C(=O)O1. The molecule has 1 heterocycles. The minimum absolute atomic E-state index is 0.0149. The standard InChI is InChI=1S/C30H46O3/c1-18(2)16-19-17-20(26(32)33-19)21-10-14-30(7)23-8-9-24-27(3,4)25(31)12-13-28(24,5)22(23)11-15-29(21,30)6/h16,19-21,24-25,31H,8-15,17H2,1-7H3/t19?,20-,21-,24+,25+,28-,29-,30+/m1/s1. The highest BCUT2D eigenvalue weighted by Gasteiger charge is 2.64. The average molecular weight is 455 g/mol. The van der Waals surface area contributed by atoms with E-state index in [1.807, 2.05) is 0 Å². The summed E-state index contributed by atoms with van der Waals surface area (Å²) in [6.07, 6.45) is 11.9. The summed E-state index contributed by atoms with van der Waals surface area (Å²) in [4.78, 5) is 13.0. The Balaban J connectivity index is 1.49. The number of ether oxygens (including phenoxy) is 1. The van der Waals surface area contributed by atoms with Crippen LogP contribution in [0.3, 0.4) is 0 Å². The zero-order chi connectivity index (χ0) is 24.0. The third-order valence-corrected chi connectivity index (χ3v) is 11.9. The zero-order valence-corrected chi connectivity index (χ0v) is 22.1. The molecule has 3 nitrogen and oxygen atoms in total. The third-order valence-electron chi connectivity index (χ3n) is 11.9. The number of carbonyl (C=O) groups is 1. The molecule has 2 saturated carbocycles. The second-order valence-corrected chi connectivity index (χ2v) is 13.8. The number of aliphatic hydroxyl groups excluding tert-OH is 1. The quantitative estimate of drug-likeness (QED) is 0.361. The Hall–Kier alpha value is -1.09. The van der Waals surface area contributed by atoms with E-state index in [4.69, 9.17) is 4.74 Å². The molecular formula is C30H46O3. The van der Waals surface area contributed by atoms with Crippen molar-refractivity contribution in [1.29, 1.82) is 0 Å². The molecule has 0 radical (unpaired) electrons. The Bertz CT molecular complexity index is 908. The van der Waals surface area contributed by atoms with Gasteiger partial charge in [-0.05, 0) is 105 Å². The van der Waals surface area contributed by atoms with Crippen LogP contribution in [0.2, 0.25) is 0 Å². The van der Waals surface area contributed by atoms with Crippen LogP contribution < -0.4 is 0 Å². The molecule has 184 valence electrons. The van der Waals surface area contributed by atoms with Crippen molar-refractivity contribution in [2.45, 2.75) is 118 Å². The smallest absolute Gasteiger partial charge is 0.309 e. The predicted octanol–water partition coefficient (Wildman–Crippen LogP) is 6.99. The molecule has 8 atom stereocenters. The van der Waals surface area contributed by atoms with Gasteiger partial charge in [-0.25, -0.2) is 0 Å². The highest BCUT2D eigenvalue weighted by Crippen LogP contribution is 2.72. The summed E-state index contributed by atoms with van der Waals surface area (Å²) in [6.45, 7) is 16.4. The van der Waals surface area contributed by atoms with Gasteiger partial charge in [-0.2, -0.15) is 0 Å². The van der Waals surface area contributed by atoms with Crippen LogP contribution in [0.4, 0.5) is 0 Å². The molecule has 1 saturated heterocycles. The second-order valence-electron chi connectivity index (χ2n) is 13.8. The molecule has 0 amide bonds. The van der Waals surface area contributed by atoms with Gasteiger partial charge < -0.3 is 9.84 Å². The molecular weight excluding hydrogens is 408 g/mol. The monoisotopic (exact) mass is 454 g/mol. The maximum Gasteiger partial charge on any atom is 0.309 e. The van der Waals surface area contributed by atoms with Crippen molar-refractivity contribution in [1.82, 2.24) is 0 Å². The summed E-state index contributed by atoms with van der Waals surface area (Å²) in [5.41, 5.74) is 5.29. The van der Waals surface area contributed by atoms with Crippen LogP contribution in [0.15, 0.2) is 22.8 Å². The van der Waals surface area contributed by atoms with Gasteiger partial charge in [0.15, 0.2) is 0 Å². The lowest BCUT2D eigenvalue weighted by atomic mass is 9.43. The first-order chi connectivity index (χ1) is 15.3. The van der Waals surface area contributed by atoms with Gasteiger partial charge in [0, 0.05) is 6.42 Å². The van der Waals surface area contributed by atoms with Gasteiger partial charge in [-0.1, -0.05) is 51.3 Å². The number of aliphatic hydroxyl groups is 1. The lowest BCUT2D eigenvalue weighted by molar-refractivity contribution is -0.146. The zero-order valence-electron chi connectivity index (χ0n) is 22.1. The third kappa shape index (κ3) is 3.13. The van der Waals surface area contributed by atoms with Gasteiger partial charge >= 0.3 is 5.97 Å². The number of cyclic esters (lactones) is 1. The van der Waals surface area contributed by atoms with Crippen LogP contribution in [0, 0.1) is 39.4 Å². The van der Waals surface area contributed by atoms with E-state index in [-0.39, 0.29) is 45.8 Å². The Kier molecular flexibility index (Phi) is 5.34. The fourth-order valence-electron chi connectivity index (χ4n) is 9.80. The minimum atomic E-state index is -0.180. The summed E-state index contributed by atoms with van der Waals surface area (Å²) >= 11 is 0. The molecule has 0 spiro atoms. The van der Waals surface area contributed by atoms with E-state index in [0.29, 0.717) is 11.8 Å². The maximum atomic E-state index is 13.0. The highest BCUT2D eigenvalue weighted by molar-refractivity contribution is 5.75. The average Bonchev–Trinajstić information content (AvgIpc) is 3.20. The molecule has 0 aromatic heterocycles. The molecule has 3 fully saturated rings. The summed E-state index contributed by atoms with van der Waals surface area (Å²) in [5.74, 6) is 1.09. The molecule has 3 heteroatoms. The normalized spacial score (nSPS) is 48.6. The van der Waals surface area contributed by atoms with Crippen LogP contribution in [0.5, 0.6) is 0 Å². The molecule has 1 unspecified atom stereocenters. The van der Waals surface area contributed by atoms with E-state index < -0.39 is 0 Å². The number of hydrogen-bond acceptors (Lipinski definition) is 3. The van der Waals surface area contributed by atoms with Crippen LogP contribution >= 0.6 is 0 Å². The van der Waals surface area contributed by atoms with E-state index in [9.17, 15) is 9.90 Å². The fraction of sp³-hybridized carbons (Fsp3) is 0.833. The van der Waals surface area contributed by atoms with Gasteiger partial charge in [0.1, 0.15) is 6.10 Å². The lowest BCUT2D eigenvalue weighted by Gasteiger charge is -2.62. The Morgan fingerprint density at radius 1 is 0.970 bits per heavy atom. The Labute approximate surface area is 201 Å². The van der Waals surface area contributed by atoms with Gasteiger partial charge in [-0.15, -0.1) is 0 Å². The number of esters is 1. The molecule has 33 heavy (non-hydrogen) atoms. The van der Waals surface area contributed by atoms with Crippen LogP contribution in [-0.4, -0.2) is 23.3 Å². The van der Waals surface area contributed by atoms with E-state index >= 15 is 0 Å². The van der Waals surface area contributed by atoms with E-state index in [1.165, 1.54) is 37.7 Å². The highest BCUT2D eigenvalue weighted by atomic mass is 16.5. The number of rotatable bonds is 2. The molecule has 1 N–H and O–H groups in total. The van der Waals surface area contributed by atoms with Crippen molar-refractivity contribution in [3.05, 3.63) is 22.8 Å². The van der Waals surface area contributed by atoms with E-state index in [2.05, 4.69) is 54.5 Å². The number of allylic oxidation sites excluding steroid dienone is 3. The van der Waals surface area contributed by atoms with Crippen LogP contribution in [0.1, 0.15) is 106 Å². The molecule has 1 aliphatic heterocycles. The summed E-state index contributed by atoms with van der Waals surface area (Å²) in [7, 11) is 0. The molecule has 5 aliphatic rings. The number of fused-ring (bicyclic) bond motifs is 4. The first-order valence-electron chi connectivity index (χ1n) is 13.6. The van der Waals surface area contributed by atoms with Crippen LogP contribution in [-0.2, 0) is 9.53 Å². The summed E-state index contributed by atoms with van der Waals surface area (Å²) in [6, 6.07) is 0. The van der Waals surface area contributed by atoms with Crippen molar-refractivity contribution in [3.8, 4) is 0 Å². The molecule has 0 aromatic rings. The molecule has 5 rings (SSSR count). The van der Waals surface area contributed by atoms with Crippen molar-refractivity contribution >= 4 is 5.97 Å². The fourth-order valence-corrected chi connectivity index (χ4v) is 9.80. The summed E-state index contributed by atoms with van der Waals surface area (Å²) < 4.78 is 5.83. The largest absolute Gasteiger partial charge is 0.458 e. The van der Waals surface area contributed by atoms with E-state index in [1.54, 1.807) is 11.1 Å². The molecule has 0 bridgehead atoms. The Morgan fingerprint density at radius 2 is 1.70 bits per heavy atom. The summed E-state index contributed by atoms with van der Waals surface area (Å²) in [5, 5.41) is 10.8. The van der Waals surface area contributed by atoms with Crippen molar-refractivity contribution < 1.29 is 14.6 Å². The lowest BCUT2D eigenvalue weighted by Crippen LogP contribution is -2.55. The van der Waals surface area contributed by atoms with Gasteiger partial charge in [-0.3, -0.25) is 4.79 Å². The maximum absolute atomic E-state index is 13.0. The minimum Gasteiger partial charge on any atom is -0.458 e. The molecule has 0 aromatic carbocycles. The first kappa shape index (κ1) is 23.6. The number of carbonyl (C=O) groups excluding carboxylic acids is 1. The molecule has 4 aliphatic carbocycles. The topological polar surface area (TPSA) is 46.5 Å². The van der Waals surface area contributed by atoms with E-state index in [0.717, 1.165) is 25.7 Å². The van der Waals surface area contributed by atoms with Gasteiger partial charge in [0.25, 0.3) is 0 Å². The van der Waals surface area contributed by atoms with Crippen molar-refractivity contribution in [2.75, 3.05) is 0 Å². The second kappa shape index (κ2) is 7.45. The van der Waals surface area contributed by atoms with Crippen LogP contribution in [0.25, 0.3) is 0 Å². The van der Waals surface area contributed by atoms with Crippen molar-refractivity contribution in [3.63, 3.8) is 0 Å². The number of hydrogen-bond donors (Lipinski definition) is 1. The van der Waals surface area contributed by atoms with Crippen molar-refractivity contribution in [2.24, 2.45) is 39.4 Å². The van der Waals surface area contributed by atoms with Gasteiger partial charge in [0.2, 0.25) is 0 Å².